The number of rotatable bonds is 8. The van der Waals surface area contributed by atoms with Crippen molar-refractivity contribution < 1.29 is 4.74 Å². The van der Waals surface area contributed by atoms with Crippen LogP contribution in [0.25, 0.3) is 11.2 Å². The normalized spacial score (nSPS) is 18.4. The molecule has 150 valence electrons. The van der Waals surface area contributed by atoms with Gasteiger partial charge in [0, 0.05) is 26.2 Å². The second kappa shape index (κ2) is 8.84. The maximum atomic E-state index is 12.5. The van der Waals surface area contributed by atoms with Gasteiger partial charge in [-0.05, 0) is 39.7 Å². The number of aromatic nitrogens is 4. The number of aryl methyl sites for hydroxylation is 2. The predicted octanol–water partition coefficient (Wildman–Crippen LogP) is 1.71. The van der Waals surface area contributed by atoms with E-state index in [1.807, 2.05) is 18.4 Å². The summed E-state index contributed by atoms with van der Waals surface area (Å²) < 4.78 is 9.35. The molecule has 0 amide bonds. The zero-order valence-corrected chi connectivity index (χ0v) is 16.7. The van der Waals surface area contributed by atoms with Crippen molar-refractivity contribution in [2.45, 2.75) is 72.2 Å². The minimum atomic E-state index is -0.373. The van der Waals surface area contributed by atoms with Crippen LogP contribution >= 0.6 is 0 Å². The summed E-state index contributed by atoms with van der Waals surface area (Å²) in [5.41, 5.74) is 0.283. The zero-order chi connectivity index (χ0) is 19.4. The second-order valence-electron chi connectivity index (χ2n) is 7.16. The molecule has 0 radical (unpaired) electrons. The fraction of sp³-hybridized carbons (Fsp3) is 0.737. The highest BCUT2D eigenvalue weighted by Gasteiger charge is 2.23. The summed E-state index contributed by atoms with van der Waals surface area (Å²) in [5, 5.41) is 0. The molecule has 3 heterocycles. The van der Waals surface area contributed by atoms with Crippen molar-refractivity contribution >= 4 is 11.2 Å². The molecule has 0 aliphatic carbocycles. The van der Waals surface area contributed by atoms with Gasteiger partial charge in [-0.25, -0.2) is 9.78 Å². The molecule has 1 aliphatic rings. The lowest BCUT2D eigenvalue weighted by Crippen LogP contribution is -2.39. The predicted molar refractivity (Wildman–Crippen MR) is 105 cm³/mol. The van der Waals surface area contributed by atoms with Crippen molar-refractivity contribution in [1.82, 2.24) is 24.0 Å². The van der Waals surface area contributed by atoms with E-state index in [0.717, 1.165) is 51.2 Å². The highest BCUT2D eigenvalue weighted by molar-refractivity contribution is 5.71. The molecule has 8 nitrogen and oxygen atoms in total. The van der Waals surface area contributed by atoms with E-state index in [4.69, 9.17) is 9.72 Å². The van der Waals surface area contributed by atoms with Crippen LogP contribution in [0.15, 0.2) is 9.59 Å². The first-order valence-electron chi connectivity index (χ1n) is 10.1. The SMILES string of the molecule is CCCCn1c(=O)[nH]c(=O)c2c1nc(CN1CCCC(OCC)C1)n2CC. The van der Waals surface area contributed by atoms with Gasteiger partial charge < -0.3 is 9.30 Å². The molecule has 1 unspecified atom stereocenters. The summed E-state index contributed by atoms with van der Waals surface area (Å²) in [5.74, 6) is 0.839. The molecule has 1 aliphatic heterocycles. The third-order valence-electron chi connectivity index (χ3n) is 5.25. The van der Waals surface area contributed by atoms with E-state index in [0.29, 0.717) is 30.8 Å². The van der Waals surface area contributed by atoms with Gasteiger partial charge >= 0.3 is 5.69 Å². The molecule has 3 rings (SSSR count). The standard InChI is InChI=1S/C19H31N5O3/c1-4-7-11-24-17-16(18(25)21-19(24)26)23(5-2)15(20-17)13-22-10-8-9-14(12-22)27-6-3/h14H,4-13H2,1-3H3,(H,21,25,26). The van der Waals surface area contributed by atoms with E-state index >= 15 is 0 Å². The van der Waals surface area contributed by atoms with Gasteiger partial charge in [0.25, 0.3) is 5.56 Å². The lowest BCUT2D eigenvalue weighted by Gasteiger charge is -2.32. The van der Waals surface area contributed by atoms with E-state index in [1.54, 1.807) is 4.57 Å². The van der Waals surface area contributed by atoms with Gasteiger partial charge in [0.2, 0.25) is 0 Å². The maximum Gasteiger partial charge on any atom is 0.330 e. The Labute approximate surface area is 159 Å². The van der Waals surface area contributed by atoms with Crippen LogP contribution in [0.3, 0.4) is 0 Å². The molecule has 1 fully saturated rings. The van der Waals surface area contributed by atoms with Gasteiger partial charge in [-0.15, -0.1) is 0 Å². The Balaban J connectivity index is 1.97. The Hall–Kier alpha value is -1.93. The second-order valence-corrected chi connectivity index (χ2v) is 7.16. The number of ether oxygens (including phenoxy) is 1. The van der Waals surface area contributed by atoms with Gasteiger partial charge in [0.05, 0.1) is 12.6 Å². The molecule has 0 spiro atoms. The van der Waals surface area contributed by atoms with E-state index < -0.39 is 0 Å². The average molecular weight is 377 g/mol. The zero-order valence-electron chi connectivity index (χ0n) is 16.7. The Morgan fingerprint density at radius 1 is 1.22 bits per heavy atom. The Morgan fingerprint density at radius 3 is 2.74 bits per heavy atom. The molecule has 0 saturated carbocycles. The molecule has 2 aromatic rings. The monoisotopic (exact) mass is 377 g/mol. The molecule has 1 saturated heterocycles. The minimum Gasteiger partial charge on any atom is -0.377 e. The summed E-state index contributed by atoms with van der Waals surface area (Å²) in [6.45, 7) is 10.6. The van der Waals surface area contributed by atoms with Crippen LogP contribution < -0.4 is 11.2 Å². The number of unbranched alkanes of at least 4 members (excludes halogenated alkanes) is 1. The van der Waals surface area contributed by atoms with Gasteiger partial charge in [-0.1, -0.05) is 13.3 Å². The first kappa shape index (κ1) is 19.8. The quantitative estimate of drug-likeness (QED) is 0.757. The van der Waals surface area contributed by atoms with Gasteiger partial charge in [0.1, 0.15) is 5.82 Å². The van der Waals surface area contributed by atoms with Crippen molar-refractivity contribution in [3.63, 3.8) is 0 Å². The highest BCUT2D eigenvalue weighted by Crippen LogP contribution is 2.18. The number of nitrogens with zero attached hydrogens (tertiary/aromatic N) is 4. The van der Waals surface area contributed by atoms with Crippen LogP contribution in [-0.2, 0) is 24.4 Å². The van der Waals surface area contributed by atoms with Crippen LogP contribution in [-0.4, -0.2) is 49.8 Å². The van der Waals surface area contributed by atoms with Gasteiger partial charge in [-0.3, -0.25) is 19.2 Å². The maximum absolute atomic E-state index is 12.5. The molecule has 1 N–H and O–H groups in total. The number of fused-ring (bicyclic) bond motifs is 1. The molecular weight excluding hydrogens is 346 g/mol. The molecule has 1 atom stereocenters. The largest absolute Gasteiger partial charge is 0.377 e. The minimum absolute atomic E-state index is 0.259. The number of hydrogen-bond acceptors (Lipinski definition) is 5. The third kappa shape index (κ3) is 4.16. The van der Waals surface area contributed by atoms with Crippen LogP contribution in [0.2, 0.25) is 0 Å². The third-order valence-corrected chi connectivity index (χ3v) is 5.25. The van der Waals surface area contributed by atoms with E-state index in [1.165, 1.54) is 0 Å². The molecule has 2 aromatic heterocycles. The lowest BCUT2D eigenvalue weighted by molar-refractivity contribution is 0.00275. The molecule has 8 heteroatoms. The van der Waals surface area contributed by atoms with Crippen molar-refractivity contribution in [3.05, 3.63) is 26.7 Å². The smallest absolute Gasteiger partial charge is 0.330 e. The first-order chi connectivity index (χ1) is 13.1. The number of imidazole rings is 1. The first-order valence-corrected chi connectivity index (χ1v) is 10.1. The highest BCUT2D eigenvalue weighted by atomic mass is 16.5. The van der Waals surface area contributed by atoms with Gasteiger partial charge in [-0.2, -0.15) is 0 Å². The fourth-order valence-corrected chi connectivity index (χ4v) is 3.93. The Morgan fingerprint density at radius 2 is 2.04 bits per heavy atom. The number of aromatic amines is 1. The summed E-state index contributed by atoms with van der Waals surface area (Å²) in [7, 11) is 0. The summed E-state index contributed by atoms with van der Waals surface area (Å²) in [6.07, 6.45) is 4.29. The Kier molecular flexibility index (Phi) is 6.49. The van der Waals surface area contributed by atoms with Crippen LogP contribution in [0.1, 0.15) is 52.3 Å². The fourth-order valence-electron chi connectivity index (χ4n) is 3.93. The van der Waals surface area contributed by atoms with Crippen molar-refractivity contribution in [3.8, 4) is 0 Å². The topological polar surface area (TPSA) is 85.2 Å². The molecular formula is C19H31N5O3. The Bertz CT molecular complexity index is 880. The van der Waals surface area contributed by atoms with Crippen LogP contribution in [0.4, 0.5) is 0 Å². The van der Waals surface area contributed by atoms with Crippen molar-refractivity contribution in [2.24, 2.45) is 0 Å². The summed E-state index contributed by atoms with van der Waals surface area (Å²) in [4.78, 5) is 34.3. The number of piperidine rings is 1. The molecule has 0 bridgehead atoms. The van der Waals surface area contributed by atoms with E-state index in [9.17, 15) is 9.59 Å². The van der Waals surface area contributed by atoms with E-state index in [-0.39, 0.29) is 17.4 Å². The van der Waals surface area contributed by atoms with E-state index in [2.05, 4.69) is 16.8 Å². The molecule has 27 heavy (non-hydrogen) atoms. The number of likely N-dealkylation sites (tertiary alicyclic amines) is 1. The lowest BCUT2D eigenvalue weighted by atomic mass is 10.1. The number of nitrogens with one attached hydrogen (secondary N) is 1. The molecule has 0 aromatic carbocycles. The summed E-state index contributed by atoms with van der Waals surface area (Å²) >= 11 is 0. The number of hydrogen-bond donors (Lipinski definition) is 1. The van der Waals surface area contributed by atoms with Crippen LogP contribution in [0.5, 0.6) is 0 Å². The number of H-pyrrole nitrogens is 1. The van der Waals surface area contributed by atoms with Crippen molar-refractivity contribution in [2.75, 3.05) is 19.7 Å². The van der Waals surface area contributed by atoms with Gasteiger partial charge in [0.15, 0.2) is 11.2 Å². The average Bonchev–Trinajstić information content (AvgIpc) is 3.00. The van der Waals surface area contributed by atoms with Crippen LogP contribution in [0, 0.1) is 0 Å². The van der Waals surface area contributed by atoms with Crippen molar-refractivity contribution in [1.29, 1.82) is 0 Å². The summed E-state index contributed by atoms with van der Waals surface area (Å²) in [6, 6.07) is 0.